The van der Waals surface area contributed by atoms with Gasteiger partial charge in [0.1, 0.15) is 24.4 Å². The fourth-order valence-electron chi connectivity index (χ4n) is 4.14. The van der Waals surface area contributed by atoms with Crippen LogP contribution in [-0.4, -0.2) is 35.2 Å². The zero-order valence-corrected chi connectivity index (χ0v) is 20.2. The van der Waals surface area contributed by atoms with E-state index in [0.717, 1.165) is 12.0 Å². The quantitative estimate of drug-likeness (QED) is 0.311. The highest BCUT2D eigenvalue weighted by Crippen LogP contribution is 2.40. The summed E-state index contributed by atoms with van der Waals surface area (Å²) in [5, 5.41) is 2.62. The Kier molecular flexibility index (Phi) is 9.37. The maximum atomic E-state index is 13.0. The first-order valence-corrected chi connectivity index (χ1v) is 11.4. The van der Waals surface area contributed by atoms with Gasteiger partial charge in [-0.15, -0.1) is 0 Å². The summed E-state index contributed by atoms with van der Waals surface area (Å²) < 4.78 is 16.4. The minimum Gasteiger partial charge on any atom is -0.458 e. The number of hydrogen-bond acceptors (Lipinski definition) is 6. The topological polar surface area (TPSA) is 90.9 Å². The van der Waals surface area contributed by atoms with Crippen LogP contribution < -0.4 is 5.32 Å². The molecule has 0 heterocycles. The van der Waals surface area contributed by atoms with Crippen LogP contribution in [0.3, 0.4) is 0 Å². The molecule has 1 aliphatic carbocycles. The van der Waals surface area contributed by atoms with E-state index in [2.05, 4.69) is 19.2 Å². The fourth-order valence-corrected chi connectivity index (χ4v) is 4.25. The number of nitrogens with one attached hydrogen (secondary N) is 1. The molecule has 0 bridgehead atoms. The number of amides is 1. The van der Waals surface area contributed by atoms with Crippen molar-refractivity contribution in [2.75, 3.05) is 0 Å². The van der Waals surface area contributed by atoms with Crippen molar-refractivity contribution in [2.24, 2.45) is 17.8 Å². The smallest absolute Gasteiger partial charge is 0.408 e. The zero-order valence-electron chi connectivity index (χ0n) is 19.4. The van der Waals surface area contributed by atoms with Gasteiger partial charge in [-0.1, -0.05) is 58.0 Å². The second-order valence-electron chi connectivity index (χ2n) is 9.34. The molecule has 0 radical (unpaired) electrons. The molecule has 4 atom stereocenters. The van der Waals surface area contributed by atoms with E-state index in [0.29, 0.717) is 18.8 Å². The van der Waals surface area contributed by atoms with Crippen molar-refractivity contribution in [3.05, 3.63) is 35.9 Å². The van der Waals surface area contributed by atoms with Crippen LogP contribution in [0, 0.1) is 17.8 Å². The Labute approximate surface area is 195 Å². The zero-order chi connectivity index (χ0) is 23.9. The minimum absolute atomic E-state index is 0.103. The summed E-state index contributed by atoms with van der Waals surface area (Å²) >= 11 is 5.47. The van der Waals surface area contributed by atoms with Gasteiger partial charge in [-0.25, -0.2) is 14.4 Å². The summed E-state index contributed by atoms with van der Waals surface area (Å²) in [4.78, 5) is 36.6. The van der Waals surface area contributed by atoms with Crippen LogP contribution in [0.1, 0.15) is 59.4 Å². The van der Waals surface area contributed by atoms with Crippen molar-refractivity contribution in [3.63, 3.8) is 0 Å². The summed E-state index contributed by atoms with van der Waals surface area (Å²) in [7, 11) is 0. The molecule has 1 aromatic carbocycles. The molecule has 1 N–H and O–H groups in total. The average molecular weight is 468 g/mol. The summed E-state index contributed by atoms with van der Waals surface area (Å²) in [5.74, 6) is -0.325. The molecule has 0 aliphatic heterocycles. The maximum Gasteiger partial charge on any atom is 0.408 e. The second kappa shape index (κ2) is 11.5. The lowest BCUT2D eigenvalue weighted by atomic mass is 9.73. The van der Waals surface area contributed by atoms with Crippen LogP contribution in [-0.2, 0) is 25.6 Å². The Balaban J connectivity index is 1.99. The lowest BCUT2D eigenvalue weighted by Crippen LogP contribution is -2.51. The van der Waals surface area contributed by atoms with Gasteiger partial charge in [0.05, 0.1) is 0 Å². The number of halogens is 1. The van der Waals surface area contributed by atoms with E-state index < -0.39 is 35.2 Å². The molecule has 178 valence electrons. The summed E-state index contributed by atoms with van der Waals surface area (Å²) in [5.41, 5.74) is -0.845. The standard InChI is InChI=1S/C24H34ClNO6/c1-15(2)18-11-12-24(5,13-19(18)31-22(25)28)32-21(27)20(16(3)4)26-23(29)30-14-17-9-7-6-8-10-17/h6-10,15-16,18-20H,11-14H2,1-5H3,(H,26,29). The van der Waals surface area contributed by atoms with E-state index >= 15 is 0 Å². The number of alkyl carbamates (subject to hydrolysis) is 1. The SMILES string of the molecule is CC(C)C(NC(=O)OCc1ccccc1)C(=O)OC1(C)CCC(C(C)C)C(OC(=O)Cl)C1. The van der Waals surface area contributed by atoms with E-state index in [4.69, 9.17) is 25.8 Å². The monoisotopic (exact) mass is 467 g/mol. The number of carbonyl (C=O) groups is 3. The van der Waals surface area contributed by atoms with Crippen molar-refractivity contribution >= 4 is 29.1 Å². The number of hydrogen-bond donors (Lipinski definition) is 1. The highest BCUT2D eigenvalue weighted by molar-refractivity contribution is 6.61. The molecular weight excluding hydrogens is 434 g/mol. The van der Waals surface area contributed by atoms with E-state index in [9.17, 15) is 14.4 Å². The molecule has 32 heavy (non-hydrogen) atoms. The molecule has 1 amide bonds. The van der Waals surface area contributed by atoms with E-state index in [1.807, 2.05) is 51.1 Å². The molecule has 1 saturated carbocycles. The molecule has 8 heteroatoms. The van der Waals surface area contributed by atoms with Gasteiger partial charge < -0.3 is 19.5 Å². The van der Waals surface area contributed by atoms with Crippen LogP contribution in [0.2, 0.25) is 0 Å². The summed E-state index contributed by atoms with van der Waals surface area (Å²) in [6.45, 7) is 9.69. The first-order valence-electron chi connectivity index (χ1n) is 11.1. The molecule has 1 fully saturated rings. The van der Waals surface area contributed by atoms with Crippen LogP contribution in [0.25, 0.3) is 0 Å². The van der Waals surface area contributed by atoms with Crippen molar-refractivity contribution < 1.29 is 28.6 Å². The molecule has 4 unspecified atom stereocenters. The van der Waals surface area contributed by atoms with E-state index in [1.165, 1.54) is 0 Å². The van der Waals surface area contributed by atoms with Crippen molar-refractivity contribution in [3.8, 4) is 0 Å². The van der Waals surface area contributed by atoms with Gasteiger partial charge in [-0.3, -0.25) is 0 Å². The van der Waals surface area contributed by atoms with Gasteiger partial charge in [0.15, 0.2) is 0 Å². The number of ether oxygens (including phenoxy) is 3. The third-order valence-corrected chi connectivity index (χ3v) is 6.06. The van der Waals surface area contributed by atoms with Crippen molar-refractivity contribution in [1.29, 1.82) is 0 Å². The number of rotatable bonds is 8. The largest absolute Gasteiger partial charge is 0.458 e. The lowest BCUT2D eigenvalue weighted by molar-refractivity contribution is -0.171. The Bertz CT molecular complexity index is 784. The Morgan fingerprint density at radius 1 is 1.16 bits per heavy atom. The van der Waals surface area contributed by atoms with Gasteiger partial charge in [-0.05, 0) is 43.1 Å². The number of benzene rings is 1. The molecule has 0 spiro atoms. The van der Waals surface area contributed by atoms with Gasteiger partial charge in [-0.2, -0.15) is 0 Å². The highest BCUT2D eigenvalue weighted by atomic mass is 35.5. The highest BCUT2D eigenvalue weighted by Gasteiger charge is 2.44. The normalized spacial score (nSPS) is 24.0. The number of esters is 1. The first kappa shape index (κ1) is 26.0. The second-order valence-corrected chi connectivity index (χ2v) is 9.65. The minimum atomic E-state index is -0.869. The van der Waals surface area contributed by atoms with Crippen molar-refractivity contribution in [2.45, 2.75) is 78.2 Å². The molecule has 1 aliphatic rings. The van der Waals surface area contributed by atoms with Gasteiger partial charge in [0, 0.05) is 18.0 Å². The maximum absolute atomic E-state index is 13.0. The van der Waals surface area contributed by atoms with E-state index in [1.54, 1.807) is 0 Å². The Morgan fingerprint density at radius 2 is 1.81 bits per heavy atom. The molecule has 0 aromatic heterocycles. The summed E-state index contributed by atoms with van der Waals surface area (Å²) in [6, 6.07) is 8.41. The Hall–Kier alpha value is -2.28. The Morgan fingerprint density at radius 3 is 2.38 bits per heavy atom. The van der Waals surface area contributed by atoms with Gasteiger partial charge in [0.25, 0.3) is 0 Å². The van der Waals surface area contributed by atoms with Crippen LogP contribution in [0.4, 0.5) is 9.59 Å². The number of carbonyl (C=O) groups excluding carboxylic acids is 3. The van der Waals surface area contributed by atoms with Gasteiger partial charge in [0.2, 0.25) is 0 Å². The van der Waals surface area contributed by atoms with Crippen LogP contribution in [0.15, 0.2) is 30.3 Å². The first-order chi connectivity index (χ1) is 15.0. The fraction of sp³-hybridized carbons (Fsp3) is 0.625. The summed E-state index contributed by atoms with van der Waals surface area (Å²) in [6.07, 6.45) is 0.583. The van der Waals surface area contributed by atoms with E-state index in [-0.39, 0.29) is 18.4 Å². The van der Waals surface area contributed by atoms with Crippen LogP contribution in [0.5, 0.6) is 0 Å². The van der Waals surface area contributed by atoms with Gasteiger partial charge >= 0.3 is 17.5 Å². The molecule has 2 rings (SSSR count). The predicted octanol–water partition coefficient (Wildman–Crippen LogP) is 5.44. The van der Waals surface area contributed by atoms with Crippen LogP contribution >= 0.6 is 11.6 Å². The third-order valence-electron chi connectivity index (χ3n) is 5.97. The molecule has 1 aromatic rings. The molecule has 0 saturated heterocycles. The van der Waals surface area contributed by atoms with Crippen molar-refractivity contribution in [1.82, 2.24) is 5.32 Å². The third kappa shape index (κ3) is 7.69. The predicted molar refractivity (Wildman–Crippen MR) is 121 cm³/mol. The lowest BCUT2D eigenvalue weighted by Gasteiger charge is -2.43. The molecule has 7 nitrogen and oxygen atoms in total. The molecular formula is C24H34ClNO6. The average Bonchev–Trinajstić information content (AvgIpc) is 2.70.